The number of nitrogens with zero attached hydrogens (tertiary/aromatic N) is 2. The Balaban J connectivity index is 2.21. The maximum atomic E-state index is 14.4. The molecule has 0 amide bonds. The zero-order chi connectivity index (χ0) is 15.5. The summed E-state index contributed by atoms with van der Waals surface area (Å²) in [6.07, 6.45) is 5.38. The van der Waals surface area contributed by atoms with Crippen molar-refractivity contribution in [2.45, 2.75) is 52.6 Å². The summed E-state index contributed by atoms with van der Waals surface area (Å²) < 4.78 is 16.2. The smallest absolute Gasteiger partial charge is 0.147 e. The van der Waals surface area contributed by atoms with E-state index < -0.39 is 0 Å². The van der Waals surface area contributed by atoms with Gasteiger partial charge in [-0.05, 0) is 44.9 Å². The van der Waals surface area contributed by atoms with E-state index in [9.17, 15) is 4.39 Å². The summed E-state index contributed by atoms with van der Waals surface area (Å²) in [5.74, 6) is 0.690. The molecule has 0 saturated carbocycles. The molecule has 1 aromatic carbocycles. The third-order valence-electron chi connectivity index (χ3n) is 3.29. The van der Waals surface area contributed by atoms with E-state index in [2.05, 4.69) is 38.0 Å². The lowest BCUT2D eigenvalue weighted by Gasteiger charge is -2.20. The molecule has 2 aromatic rings. The SMILES string of the molecule is CCCc1nccn1-c1ccc(CNC(C)(C)C)cc1F. The number of aryl methyl sites for hydroxylation is 1. The van der Waals surface area contributed by atoms with E-state index in [0.29, 0.717) is 12.2 Å². The molecule has 1 N–H and O–H groups in total. The minimum atomic E-state index is -0.210. The molecule has 4 heteroatoms. The van der Waals surface area contributed by atoms with Gasteiger partial charge in [0.2, 0.25) is 0 Å². The lowest BCUT2D eigenvalue weighted by molar-refractivity contribution is 0.423. The van der Waals surface area contributed by atoms with Gasteiger partial charge in [-0.3, -0.25) is 0 Å². The Bertz CT molecular complexity index is 596. The Kier molecular flexibility index (Phi) is 4.78. The zero-order valence-corrected chi connectivity index (χ0v) is 13.3. The summed E-state index contributed by atoms with van der Waals surface area (Å²) in [4.78, 5) is 4.30. The molecular weight excluding hydrogens is 265 g/mol. The summed E-state index contributed by atoms with van der Waals surface area (Å²) in [6.45, 7) is 9.05. The lowest BCUT2D eigenvalue weighted by atomic mass is 10.1. The Morgan fingerprint density at radius 2 is 2.05 bits per heavy atom. The number of hydrogen-bond donors (Lipinski definition) is 1. The number of halogens is 1. The van der Waals surface area contributed by atoms with Crippen LogP contribution in [0.4, 0.5) is 4.39 Å². The molecule has 0 spiro atoms. The van der Waals surface area contributed by atoms with E-state index >= 15 is 0 Å². The van der Waals surface area contributed by atoms with Crippen LogP contribution in [0.15, 0.2) is 30.6 Å². The zero-order valence-electron chi connectivity index (χ0n) is 13.3. The molecule has 0 radical (unpaired) electrons. The maximum Gasteiger partial charge on any atom is 0.147 e. The van der Waals surface area contributed by atoms with Gasteiger partial charge in [-0.25, -0.2) is 9.37 Å². The molecule has 3 nitrogen and oxygen atoms in total. The minimum Gasteiger partial charge on any atom is -0.308 e. The van der Waals surface area contributed by atoms with E-state index in [1.54, 1.807) is 12.3 Å². The number of hydrogen-bond acceptors (Lipinski definition) is 2. The van der Waals surface area contributed by atoms with Crippen LogP contribution in [0.25, 0.3) is 5.69 Å². The van der Waals surface area contributed by atoms with Gasteiger partial charge in [-0.15, -0.1) is 0 Å². The van der Waals surface area contributed by atoms with Crippen molar-refractivity contribution in [1.29, 1.82) is 0 Å². The van der Waals surface area contributed by atoms with Gasteiger partial charge < -0.3 is 9.88 Å². The summed E-state index contributed by atoms with van der Waals surface area (Å²) in [6, 6.07) is 5.40. The van der Waals surface area contributed by atoms with Crippen LogP contribution < -0.4 is 5.32 Å². The van der Waals surface area contributed by atoms with Crippen LogP contribution in [0, 0.1) is 5.82 Å². The van der Waals surface area contributed by atoms with Crippen molar-refractivity contribution < 1.29 is 4.39 Å². The minimum absolute atomic E-state index is 0.0216. The Morgan fingerprint density at radius 3 is 2.67 bits per heavy atom. The number of aromatic nitrogens is 2. The molecule has 0 fully saturated rings. The number of rotatable bonds is 5. The normalized spacial score (nSPS) is 11.9. The van der Waals surface area contributed by atoms with Gasteiger partial charge in [0.05, 0.1) is 5.69 Å². The molecule has 0 unspecified atom stereocenters. The number of nitrogens with one attached hydrogen (secondary N) is 1. The molecule has 0 aliphatic rings. The first-order chi connectivity index (χ1) is 9.90. The summed E-state index contributed by atoms with van der Waals surface area (Å²) >= 11 is 0. The maximum absolute atomic E-state index is 14.4. The van der Waals surface area contributed by atoms with Gasteiger partial charge >= 0.3 is 0 Å². The standard InChI is InChI=1S/C17H24FN3/c1-5-6-16-19-9-10-21(16)15-8-7-13(11-14(15)18)12-20-17(2,3)4/h7-11,20H,5-6,12H2,1-4H3. The molecule has 0 aliphatic heterocycles. The summed E-state index contributed by atoms with van der Waals surface area (Å²) in [5, 5.41) is 3.37. The van der Waals surface area contributed by atoms with E-state index in [4.69, 9.17) is 0 Å². The average Bonchev–Trinajstić information content (AvgIpc) is 2.84. The lowest BCUT2D eigenvalue weighted by Crippen LogP contribution is -2.35. The molecule has 0 aliphatic carbocycles. The first kappa shape index (κ1) is 15.7. The van der Waals surface area contributed by atoms with Crippen molar-refractivity contribution in [3.8, 4) is 5.69 Å². The van der Waals surface area contributed by atoms with Crippen molar-refractivity contribution in [3.05, 3.63) is 47.8 Å². The number of benzene rings is 1. The van der Waals surface area contributed by atoms with Crippen LogP contribution in [0.3, 0.4) is 0 Å². The van der Waals surface area contributed by atoms with Crippen LogP contribution in [0.5, 0.6) is 0 Å². The molecule has 0 atom stereocenters. The quantitative estimate of drug-likeness (QED) is 0.906. The fraction of sp³-hybridized carbons (Fsp3) is 0.471. The van der Waals surface area contributed by atoms with Crippen molar-refractivity contribution in [2.75, 3.05) is 0 Å². The average molecular weight is 289 g/mol. The van der Waals surface area contributed by atoms with Crippen molar-refractivity contribution in [3.63, 3.8) is 0 Å². The van der Waals surface area contributed by atoms with Crippen LogP contribution in [-0.2, 0) is 13.0 Å². The molecule has 0 saturated heterocycles. The second-order valence-electron chi connectivity index (χ2n) is 6.35. The fourth-order valence-corrected chi connectivity index (χ4v) is 2.19. The van der Waals surface area contributed by atoms with Crippen LogP contribution in [0.1, 0.15) is 45.5 Å². The molecule has 1 heterocycles. The van der Waals surface area contributed by atoms with Gasteiger partial charge in [0.25, 0.3) is 0 Å². The van der Waals surface area contributed by atoms with Crippen molar-refractivity contribution in [2.24, 2.45) is 0 Å². The summed E-state index contributed by atoms with van der Waals surface area (Å²) in [5.41, 5.74) is 1.53. The van der Waals surface area contributed by atoms with E-state index in [1.807, 2.05) is 22.9 Å². The van der Waals surface area contributed by atoms with Gasteiger partial charge in [-0.2, -0.15) is 0 Å². The first-order valence-corrected chi connectivity index (χ1v) is 7.47. The van der Waals surface area contributed by atoms with Gasteiger partial charge in [-0.1, -0.05) is 13.0 Å². The fourth-order valence-electron chi connectivity index (χ4n) is 2.19. The third-order valence-corrected chi connectivity index (χ3v) is 3.29. The van der Waals surface area contributed by atoms with Crippen LogP contribution >= 0.6 is 0 Å². The topological polar surface area (TPSA) is 29.9 Å². The van der Waals surface area contributed by atoms with Gasteiger partial charge in [0, 0.05) is 30.9 Å². The highest BCUT2D eigenvalue weighted by molar-refractivity contribution is 5.37. The Labute approximate surface area is 126 Å². The highest BCUT2D eigenvalue weighted by Gasteiger charge is 2.12. The van der Waals surface area contributed by atoms with Crippen LogP contribution in [0.2, 0.25) is 0 Å². The van der Waals surface area contributed by atoms with Gasteiger partial charge in [0.1, 0.15) is 11.6 Å². The molecular formula is C17H24FN3. The van der Waals surface area contributed by atoms with Crippen molar-refractivity contribution >= 4 is 0 Å². The molecule has 114 valence electrons. The first-order valence-electron chi connectivity index (χ1n) is 7.47. The predicted octanol–water partition coefficient (Wildman–Crippen LogP) is 3.85. The van der Waals surface area contributed by atoms with Crippen LogP contribution in [-0.4, -0.2) is 15.1 Å². The molecule has 2 rings (SSSR count). The third kappa shape index (κ3) is 4.14. The second-order valence-corrected chi connectivity index (χ2v) is 6.35. The summed E-state index contributed by atoms with van der Waals surface area (Å²) in [7, 11) is 0. The monoisotopic (exact) mass is 289 g/mol. The largest absolute Gasteiger partial charge is 0.308 e. The molecule has 1 aromatic heterocycles. The molecule has 21 heavy (non-hydrogen) atoms. The van der Waals surface area contributed by atoms with Gasteiger partial charge in [0.15, 0.2) is 0 Å². The van der Waals surface area contributed by atoms with Crippen molar-refractivity contribution in [1.82, 2.24) is 14.9 Å². The van der Waals surface area contributed by atoms with E-state index in [0.717, 1.165) is 24.2 Å². The Morgan fingerprint density at radius 1 is 1.29 bits per heavy atom. The Hall–Kier alpha value is -1.68. The molecule has 0 bridgehead atoms. The highest BCUT2D eigenvalue weighted by atomic mass is 19.1. The highest BCUT2D eigenvalue weighted by Crippen LogP contribution is 2.18. The number of imidazole rings is 1. The van der Waals surface area contributed by atoms with E-state index in [1.165, 1.54) is 0 Å². The second kappa shape index (κ2) is 6.39. The van der Waals surface area contributed by atoms with E-state index in [-0.39, 0.29) is 11.4 Å². The predicted molar refractivity (Wildman–Crippen MR) is 84.1 cm³/mol.